The number of halogens is 1. The number of nitriles is 1. The largest absolute Gasteiger partial charge is 0.355 e. The smallest absolute Gasteiger partial charge is 0.229 e. The molecule has 0 spiro atoms. The molecule has 0 unspecified atom stereocenters. The van der Waals surface area contributed by atoms with Gasteiger partial charge in [-0.1, -0.05) is 19.0 Å². The summed E-state index contributed by atoms with van der Waals surface area (Å²) in [7, 11) is 0. The molecule has 1 aliphatic rings. The lowest BCUT2D eigenvalue weighted by molar-refractivity contribution is 0.325. The zero-order valence-corrected chi connectivity index (χ0v) is 16.5. The molecule has 1 aliphatic heterocycles. The molecule has 1 aromatic carbocycles. The SMILES string of the molecule is CC(C)c1noc(C2CCN(c3nc(-c4ccc(F)cc4)ccc3C#N)CC2)n1. The van der Waals surface area contributed by atoms with E-state index in [9.17, 15) is 9.65 Å². The first-order valence-electron chi connectivity index (χ1n) is 9.80. The minimum absolute atomic E-state index is 0.220. The summed E-state index contributed by atoms with van der Waals surface area (Å²) in [5, 5.41) is 13.6. The highest BCUT2D eigenvalue weighted by molar-refractivity contribution is 5.65. The van der Waals surface area contributed by atoms with Crippen LogP contribution in [0.4, 0.5) is 10.2 Å². The number of nitrogens with zero attached hydrogens (tertiary/aromatic N) is 5. The summed E-state index contributed by atoms with van der Waals surface area (Å²) in [5.74, 6) is 2.28. The number of hydrogen-bond acceptors (Lipinski definition) is 6. The van der Waals surface area contributed by atoms with Gasteiger partial charge in [0, 0.05) is 30.5 Å². The van der Waals surface area contributed by atoms with Crippen LogP contribution in [0, 0.1) is 17.1 Å². The number of pyridine rings is 1. The van der Waals surface area contributed by atoms with Gasteiger partial charge in [0.2, 0.25) is 5.89 Å². The lowest BCUT2D eigenvalue weighted by Gasteiger charge is -2.32. The second-order valence-corrected chi connectivity index (χ2v) is 7.59. The highest BCUT2D eigenvalue weighted by Crippen LogP contribution is 2.32. The topological polar surface area (TPSA) is 78.8 Å². The van der Waals surface area contributed by atoms with Gasteiger partial charge in [-0.2, -0.15) is 10.2 Å². The van der Waals surface area contributed by atoms with Crippen molar-refractivity contribution in [2.24, 2.45) is 0 Å². The van der Waals surface area contributed by atoms with Crippen LogP contribution in [-0.2, 0) is 0 Å². The van der Waals surface area contributed by atoms with E-state index in [1.54, 1.807) is 24.3 Å². The van der Waals surface area contributed by atoms with Crippen LogP contribution < -0.4 is 4.90 Å². The van der Waals surface area contributed by atoms with Crippen molar-refractivity contribution in [3.05, 3.63) is 59.5 Å². The van der Waals surface area contributed by atoms with E-state index in [-0.39, 0.29) is 17.7 Å². The number of aromatic nitrogens is 3. The molecule has 6 nitrogen and oxygen atoms in total. The molecule has 3 aromatic rings. The molecule has 0 N–H and O–H groups in total. The summed E-state index contributed by atoms with van der Waals surface area (Å²) >= 11 is 0. The third kappa shape index (κ3) is 3.97. The molecule has 2 aromatic heterocycles. The van der Waals surface area contributed by atoms with Crippen molar-refractivity contribution in [3.63, 3.8) is 0 Å². The van der Waals surface area contributed by atoms with Crippen LogP contribution in [0.1, 0.15) is 55.8 Å². The molecule has 0 aliphatic carbocycles. The average molecular weight is 391 g/mol. The van der Waals surface area contributed by atoms with E-state index >= 15 is 0 Å². The van der Waals surface area contributed by atoms with Crippen LogP contribution in [0.15, 0.2) is 40.9 Å². The van der Waals surface area contributed by atoms with E-state index in [2.05, 4.69) is 21.1 Å². The molecule has 0 amide bonds. The third-order valence-electron chi connectivity index (χ3n) is 5.25. The lowest BCUT2D eigenvalue weighted by atomic mass is 9.96. The van der Waals surface area contributed by atoms with Crippen LogP contribution >= 0.6 is 0 Å². The zero-order chi connectivity index (χ0) is 20.4. The van der Waals surface area contributed by atoms with E-state index in [4.69, 9.17) is 9.51 Å². The van der Waals surface area contributed by atoms with Gasteiger partial charge in [0.05, 0.1) is 11.3 Å². The Morgan fingerprint density at radius 3 is 2.45 bits per heavy atom. The van der Waals surface area contributed by atoms with E-state index in [0.717, 1.165) is 43.0 Å². The Morgan fingerprint density at radius 2 is 1.83 bits per heavy atom. The van der Waals surface area contributed by atoms with Gasteiger partial charge < -0.3 is 9.42 Å². The van der Waals surface area contributed by atoms with Gasteiger partial charge in [0.25, 0.3) is 0 Å². The van der Waals surface area contributed by atoms with Crippen molar-refractivity contribution in [1.82, 2.24) is 15.1 Å². The average Bonchev–Trinajstić information content (AvgIpc) is 3.25. The molecule has 0 bridgehead atoms. The molecular weight excluding hydrogens is 369 g/mol. The monoisotopic (exact) mass is 391 g/mol. The normalized spacial score (nSPS) is 14.9. The summed E-state index contributed by atoms with van der Waals surface area (Å²) in [5.41, 5.74) is 2.08. The van der Waals surface area contributed by atoms with Gasteiger partial charge in [0.1, 0.15) is 17.7 Å². The molecule has 4 rings (SSSR count). The van der Waals surface area contributed by atoms with Crippen molar-refractivity contribution in [3.8, 4) is 17.3 Å². The van der Waals surface area contributed by atoms with Gasteiger partial charge in [-0.05, 0) is 49.2 Å². The fourth-order valence-electron chi connectivity index (χ4n) is 3.54. The Balaban J connectivity index is 1.53. The van der Waals surface area contributed by atoms with Crippen molar-refractivity contribution in [2.45, 2.75) is 38.5 Å². The van der Waals surface area contributed by atoms with Gasteiger partial charge in [-0.25, -0.2) is 9.37 Å². The summed E-state index contributed by atoms with van der Waals surface area (Å²) < 4.78 is 18.7. The maximum Gasteiger partial charge on any atom is 0.229 e. The Hall–Kier alpha value is -3.27. The highest BCUT2D eigenvalue weighted by atomic mass is 19.1. The fourth-order valence-corrected chi connectivity index (χ4v) is 3.54. The second-order valence-electron chi connectivity index (χ2n) is 7.59. The van der Waals surface area contributed by atoms with E-state index < -0.39 is 0 Å². The molecule has 7 heteroatoms. The summed E-state index contributed by atoms with van der Waals surface area (Å²) in [6, 6.07) is 12.0. The number of piperidine rings is 1. The number of hydrogen-bond donors (Lipinski definition) is 0. The Morgan fingerprint density at radius 1 is 1.10 bits per heavy atom. The maximum absolute atomic E-state index is 13.2. The number of anilines is 1. The molecule has 3 heterocycles. The molecule has 0 atom stereocenters. The summed E-state index contributed by atoms with van der Waals surface area (Å²) in [6.07, 6.45) is 1.71. The molecule has 0 radical (unpaired) electrons. The maximum atomic E-state index is 13.2. The summed E-state index contributed by atoms with van der Waals surface area (Å²) in [6.45, 7) is 5.58. The molecule has 1 saturated heterocycles. The molecule has 148 valence electrons. The Kier molecular flexibility index (Phi) is 5.26. The molecular formula is C22H22FN5O. The van der Waals surface area contributed by atoms with Gasteiger partial charge in [-0.3, -0.25) is 0 Å². The number of rotatable bonds is 4. The first kappa shape index (κ1) is 19.1. The van der Waals surface area contributed by atoms with E-state index in [1.807, 2.05) is 13.8 Å². The van der Waals surface area contributed by atoms with Crippen LogP contribution in [0.25, 0.3) is 11.3 Å². The predicted octanol–water partition coefficient (Wildman–Crippen LogP) is 4.65. The van der Waals surface area contributed by atoms with Crippen molar-refractivity contribution >= 4 is 5.82 Å². The first-order chi connectivity index (χ1) is 14.0. The van der Waals surface area contributed by atoms with Crippen molar-refractivity contribution in [1.29, 1.82) is 5.26 Å². The van der Waals surface area contributed by atoms with Crippen LogP contribution in [0.5, 0.6) is 0 Å². The Bertz CT molecular complexity index is 1030. The molecule has 1 fully saturated rings. The first-order valence-corrected chi connectivity index (χ1v) is 9.80. The van der Waals surface area contributed by atoms with E-state index in [0.29, 0.717) is 17.3 Å². The highest BCUT2D eigenvalue weighted by Gasteiger charge is 2.27. The predicted molar refractivity (Wildman–Crippen MR) is 107 cm³/mol. The van der Waals surface area contributed by atoms with E-state index in [1.165, 1.54) is 12.1 Å². The Labute approximate surface area is 169 Å². The second kappa shape index (κ2) is 8.00. The lowest BCUT2D eigenvalue weighted by Crippen LogP contribution is -2.34. The van der Waals surface area contributed by atoms with Crippen molar-refractivity contribution < 1.29 is 8.91 Å². The van der Waals surface area contributed by atoms with Crippen LogP contribution in [-0.4, -0.2) is 28.2 Å². The number of benzene rings is 1. The molecule has 29 heavy (non-hydrogen) atoms. The molecule has 0 saturated carbocycles. The van der Waals surface area contributed by atoms with Gasteiger partial charge >= 0.3 is 0 Å². The minimum Gasteiger partial charge on any atom is -0.355 e. The van der Waals surface area contributed by atoms with Gasteiger partial charge in [0.15, 0.2) is 5.82 Å². The minimum atomic E-state index is -0.286. The third-order valence-corrected chi connectivity index (χ3v) is 5.25. The fraction of sp³-hybridized carbons (Fsp3) is 0.364. The van der Waals surface area contributed by atoms with Crippen LogP contribution in [0.3, 0.4) is 0 Å². The van der Waals surface area contributed by atoms with Gasteiger partial charge in [-0.15, -0.1) is 0 Å². The summed E-state index contributed by atoms with van der Waals surface area (Å²) in [4.78, 5) is 11.4. The zero-order valence-electron chi connectivity index (χ0n) is 16.5. The van der Waals surface area contributed by atoms with Crippen molar-refractivity contribution in [2.75, 3.05) is 18.0 Å². The van der Waals surface area contributed by atoms with Crippen LogP contribution in [0.2, 0.25) is 0 Å². The standard InChI is InChI=1S/C22H22FN5O/c1-14(2)20-26-22(29-27-20)16-9-11-28(12-10-16)21-17(13-24)5-8-19(25-21)15-3-6-18(23)7-4-15/h3-8,14,16H,9-12H2,1-2H3. The quantitative estimate of drug-likeness (QED) is 0.644.